The molecule has 0 fully saturated rings. The predicted molar refractivity (Wildman–Crippen MR) is 99.2 cm³/mol. The molecule has 1 amide bonds. The number of nitro groups is 1. The van der Waals surface area contributed by atoms with Gasteiger partial charge < -0.3 is 10.1 Å². The van der Waals surface area contributed by atoms with Crippen molar-refractivity contribution >= 4 is 46.0 Å². The number of rotatable bonds is 7. The number of ether oxygens (including phenoxy) is 1. The third kappa shape index (κ3) is 5.08. The van der Waals surface area contributed by atoms with Crippen LogP contribution in [0.4, 0.5) is 22.7 Å². The maximum Gasteiger partial charge on any atom is 0.315 e. The smallest absolute Gasteiger partial charge is 0.315 e. The summed E-state index contributed by atoms with van der Waals surface area (Å²) in [6.07, 6.45) is -0.298. The van der Waals surface area contributed by atoms with Gasteiger partial charge in [-0.2, -0.15) is 0 Å². The van der Waals surface area contributed by atoms with Crippen LogP contribution in [0.3, 0.4) is 0 Å². The number of nitrogens with one attached hydrogen (secondary N) is 1. The van der Waals surface area contributed by atoms with Gasteiger partial charge in [-0.25, -0.2) is 0 Å². The number of Topliss-reactive ketones (excluding diaryl/α,β-unsaturated/α-hetero) is 1. The van der Waals surface area contributed by atoms with Crippen molar-refractivity contribution in [3.63, 3.8) is 0 Å². The Morgan fingerprint density at radius 2 is 1.93 bits per heavy atom. The normalized spacial score (nSPS) is 10.6. The number of halogens is 1. The van der Waals surface area contributed by atoms with Gasteiger partial charge >= 0.3 is 5.69 Å². The van der Waals surface area contributed by atoms with Crippen LogP contribution in [-0.4, -0.2) is 23.7 Å². The maximum absolute atomic E-state index is 11.9. The number of para-hydroxylation sites is 1. The molecule has 0 radical (unpaired) electrons. The van der Waals surface area contributed by atoms with Crippen molar-refractivity contribution in [1.82, 2.24) is 0 Å². The summed E-state index contributed by atoms with van der Waals surface area (Å²) in [4.78, 5) is 33.5. The number of nitrogens with zero attached hydrogens (tertiary/aromatic N) is 3. The average Bonchev–Trinajstić information content (AvgIpc) is 2.59. The molecule has 140 valence electrons. The minimum absolute atomic E-state index is 0.0561. The third-order valence-electron chi connectivity index (χ3n) is 3.31. The number of carbonyl (C=O) groups excluding carboxylic acids is 2. The van der Waals surface area contributed by atoms with E-state index in [1.54, 1.807) is 18.2 Å². The number of carbonyl (C=O) groups is 2. The second-order valence-corrected chi connectivity index (χ2v) is 5.76. The van der Waals surface area contributed by atoms with Gasteiger partial charge in [0.2, 0.25) is 5.91 Å². The van der Waals surface area contributed by atoms with E-state index in [2.05, 4.69) is 15.5 Å². The van der Waals surface area contributed by atoms with Crippen LogP contribution in [-0.2, 0) is 9.59 Å². The number of nitro benzene ring substituents is 1. The minimum atomic E-state index is -0.658. The zero-order valence-corrected chi connectivity index (χ0v) is 15.2. The van der Waals surface area contributed by atoms with Gasteiger partial charge in [-0.1, -0.05) is 23.7 Å². The summed E-state index contributed by atoms with van der Waals surface area (Å²) in [7, 11) is 1.40. The highest BCUT2D eigenvalue weighted by Gasteiger charge is 2.19. The van der Waals surface area contributed by atoms with Crippen LogP contribution in [0.25, 0.3) is 0 Å². The maximum atomic E-state index is 11.9. The van der Waals surface area contributed by atoms with E-state index in [0.717, 1.165) is 0 Å². The Morgan fingerprint density at radius 3 is 2.56 bits per heavy atom. The lowest BCUT2D eigenvalue weighted by atomic mass is 10.2. The molecule has 1 N–H and O–H groups in total. The fraction of sp³-hybridized carbons (Fsp3) is 0.176. The highest BCUT2D eigenvalue weighted by molar-refractivity contribution is 6.33. The lowest BCUT2D eigenvalue weighted by Gasteiger charge is -2.10. The van der Waals surface area contributed by atoms with Crippen molar-refractivity contribution in [2.24, 2.45) is 10.2 Å². The average molecular weight is 391 g/mol. The monoisotopic (exact) mass is 390 g/mol. The number of ketones is 1. The summed E-state index contributed by atoms with van der Waals surface area (Å²) in [5.41, 5.74) is -0.0559. The molecule has 9 nitrogen and oxygen atoms in total. The van der Waals surface area contributed by atoms with Crippen LogP contribution in [0.2, 0.25) is 5.02 Å². The number of amides is 1. The molecule has 2 rings (SSSR count). The molecule has 0 aliphatic rings. The Balaban J connectivity index is 2.45. The van der Waals surface area contributed by atoms with Crippen LogP contribution in [0.5, 0.6) is 5.75 Å². The number of anilines is 1. The van der Waals surface area contributed by atoms with Crippen LogP contribution in [0.1, 0.15) is 13.3 Å². The molecule has 0 aromatic heterocycles. The van der Waals surface area contributed by atoms with E-state index in [-0.39, 0.29) is 45.7 Å². The molecule has 0 aliphatic carbocycles. The number of methoxy groups -OCH3 is 1. The Bertz CT molecular complexity index is 930. The Labute approximate surface area is 159 Å². The molecule has 0 atom stereocenters. The van der Waals surface area contributed by atoms with Crippen molar-refractivity contribution in [3.8, 4) is 5.75 Å². The molecule has 0 bridgehead atoms. The Kier molecular flexibility index (Phi) is 6.56. The van der Waals surface area contributed by atoms with Crippen molar-refractivity contribution in [2.75, 3.05) is 12.4 Å². The summed E-state index contributed by atoms with van der Waals surface area (Å²) in [5.74, 6) is -0.543. The molecular formula is C17H15ClN4O5. The molecule has 0 spiro atoms. The number of hydrogen-bond donors (Lipinski definition) is 1. The zero-order chi connectivity index (χ0) is 20.0. The van der Waals surface area contributed by atoms with Gasteiger partial charge in [0.25, 0.3) is 0 Å². The summed E-state index contributed by atoms with van der Waals surface area (Å²) < 4.78 is 5.21. The zero-order valence-electron chi connectivity index (χ0n) is 14.4. The summed E-state index contributed by atoms with van der Waals surface area (Å²) in [5, 5.41) is 21.6. The summed E-state index contributed by atoms with van der Waals surface area (Å²) >= 11 is 5.86. The molecule has 27 heavy (non-hydrogen) atoms. The van der Waals surface area contributed by atoms with E-state index < -0.39 is 10.8 Å². The van der Waals surface area contributed by atoms with Gasteiger partial charge in [0, 0.05) is 0 Å². The fourth-order valence-corrected chi connectivity index (χ4v) is 2.42. The van der Waals surface area contributed by atoms with Crippen molar-refractivity contribution < 1.29 is 19.2 Å². The Hall–Kier alpha value is -3.33. The predicted octanol–water partition coefficient (Wildman–Crippen LogP) is 4.59. The van der Waals surface area contributed by atoms with Crippen LogP contribution in [0.15, 0.2) is 46.6 Å². The molecule has 0 unspecified atom stereocenters. The molecule has 0 heterocycles. The highest BCUT2D eigenvalue weighted by Crippen LogP contribution is 2.39. The molecule has 10 heteroatoms. The molecule has 0 saturated heterocycles. The summed E-state index contributed by atoms with van der Waals surface area (Å²) in [6.45, 7) is 1.30. The van der Waals surface area contributed by atoms with E-state index >= 15 is 0 Å². The van der Waals surface area contributed by atoms with Gasteiger partial charge in [-0.15, -0.1) is 10.2 Å². The quantitative estimate of drug-likeness (QED) is 0.320. The Morgan fingerprint density at radius 1 is 1.22 bits per heavy atom. The topological polar surface area (TPSA) is 123 Å². The first-order valence-corrected chi connectivity index (χ1v) is 8.02. The van der Waals surface area contributed by atoms with Crippen molar-refractivity contribution in [2.45, 2.75) is 13.3 Å². The molecular weight excluding hydrogens is 376 g/mol. The van der Waals surface area contributed by atoms with Gasteiger partial charge in [-0.05, 0) is 31.2 Å². The lowest BCUT2D eigenvalue weighted by Crippen LogP contribution is -2.14. The van der Waals surface area contributed by atoms with E-state index in [4.69, 9.17) is 16.3 Å². The van der Waals surface area contributed by atoms with E-state index in [1.165, 1.54) is 32.2 Å². The molecule has 2 aromatic carbocycles. The van der Waals surface area contributed by atoms with Crippen LogP contribution < -0.4 is 10.1 Å². The number of azo groups is 1. The molecule has 2 aromatic rings. The third-order valence-corrected chi connectivity index (χ3v) is 3.61. The van der Waals surface area contributed by atoms with E-state index in [9.17, 15) is 19.7 Å². The highest BCUT2D eigenvalue weighted by atomic mass is 35.5. The van der Waals surface area contributed by atoms with Crippen LogP contribution >= 0.6 is 11.6 Å². The molecule has 0 saturated carbocycles. The van der Waals surface area contributed by atoms with E-state index in [1.807, 2.05) is 0 Å². The summed E-state index contributed by atoms with van der Waals surface area (Å²) in [6, 6.07) is 9.00. The lowest BCUT2D eigenvalue weighted by molar-refractivity contribution is -0.383. The van der Waals surface area contributed by atoms with Gasteiger partial charge in [0.1, 0.15) is 16.6 Å². The second-order valence-electron chi connectivity index (χ2n) is 5.35. The fourth-order valence-electron chi connectivity index (χ4n) is 2.18. The van der Waals surface area contributed by atoms with Crippen molar-refractivity contribution in [3.05, 3.63) is 51.5 Å². The van der Waals surface area contributed by atoms with Crippen LogP contribution in [0, 0.1) is 10.1 Å². The van der Waals surface area contributed by atoms with Crippen molar-refractivity contribution in [1.29, 1.82) is 0 Å². The molecule has 0 aliphatic heterocycles. The SMILES string of the molecule is COc1cccc(NC(=O)CC(C)=O)c1N=Nc1cccc(Cl)c1[N+](=O)[O-]. The van der Waals surface area contributed by atoms with Gasteiger partial charge in [0.05, 0.1) is 24.1 Å². The standard InChI is InChI=1S/C17H15ClN4O5/c1-10(23)9-15(24)19-12-6-4-8-14(27-2)16(12)21-20-13-7-3-5-11(18)17(13)22(25)26/h3-8H,9H2,1-2H3,(H,19,24). The first-order valence-electron chi connectivity index (χ1n) is 7.64. The largest absolute Gasteiger partial charge is 0.494 e. The van der Waals surface area contributed by atoms with Gasteiger partial charge in [0.15, 0.2) is 11.4 Å². The minimum Gasteiger partial charge on any atom is -0.494 e. The number of hydrogen-bond acceptors (Lipinski definition) is 7. The van der Waals surface area contributed by atoms with Gasteiger partial charge in [-0.3, -0.25) is 19.7 Å². The first-order chi connectivity index (χ1) is 12.8. The van der Waals surface area contributed by atoms with E-state index in [0.29, 0.717) is 0 Å². The first kappa shape index (κ1) is 20.0. The second kappa shape index (κ2) is 8.86. The number of benzene rings is 2.